The third kappa shape index (κ3) is 5.76. The summed E-state index contributed by atoms with van der Waals surface area (Å²) in [6, 6.07) is 7.22. The molecule has 3 rings (SSSR count). The molecule has 1 atom stereocenters. The smallest absolute Gasteiger partial charge is 0.337 e. The highest BCUT2D eigenvalue weighted by atomic mass is 16.6. The number of hydrogen-bond acceptors (Lipinski definition) is 7. The van der Waals surface area contributed by atoms with E-state index in [4.69, 9.17) is 14.2 Å². The van der Waals surface area contributed by atoms with E-state index in [1.54, 1.807) is 0 Å². The van der Waals surface area contributed by atoms with E-state index in [1.807, 2.05) is 39.0 Å². The molecule has 10 heteroatoms. The zero-order chi connectivity index (χ0) is 26.4. The third-order valence-electron chi connectivity index (χ3n) is 6.02. The molecular formula is C26H31N3O7. The van der Waals surface area contributed by atoms with Crippen LogP contribution in [-0.4, -0.2) is 31.1 Å². The minimum absolute atomic E-state index is 0.0396. The number of nitro benzene ring substituents is 1. The van der Waals surface area contributed by atoms with Crippen molar-refractivity contribution in [3.8, 4) is 11.5 Å². The van der Waals surface area contributed by atoms with Crippen molar-refractivity contribution in [2.75, 3.05) is 14.2 Å². The Labute approximate surface area is 209 Å². The van der Waals surface area contributed by atoms with Crippen LogP contribution in [0.1, 0.15) is 54.5 Å². The molecule has 2 aromatic carbocycles. The number of nitrogens with one attached hydrogen (secondary N) is 2. The number of esters is 1. The van der Waals surface area contributed by atoms with Gasteiger partial charge in [-0.2, -0.15) is 0 Å². The number of nitrogens with zero attached hydrogens (tertiary/aromatic N) is 1. The fraction of sp³-hybridized carbons (Fsp3) is 0.385. The standard InChI is InChI=1S/C26H31N3O7/c1-6-7-8-19-22(25(30)35-5)23(28-26(31)27-19)17-12-20(29(32)33)24(21(13-17)34-4)36-14-18-11-15(2)9-10-16(18)3/h9-13,23H,6-8,14H2,1-5H3,(H2,27,28,31). The largest absolute Gasteiger partial charge is 0.493 e. The van der Waals surface area contributed by atoms with Gasteiger partial charge in [0.2, 0.25) is 5.75 Å². The molecule has 0 fully saturated rings. The second-order valence-corrected chi connectivity index (χ2v) is 8.57. The van der Waals surface area contributed by atoms with Crippen LogP contribution < -0.4 is 20.1 Å². The van der Waals surface area contributed by atoms with Gasteiger partial charge in [-0.1, -0.05) is 37.1 Å². The number of benzene rings is 2. The summed E-state index contributed by atoms with van der Waals surface area (Å²) < 4.78 is 16.3. The van der Waals surface area contributed by atoms with Crippen LogP contribution in [0.3, 0.4) is 0 Å². The zero-order valence-electron chi connectivity index (χ0n) is 21.1. The highest BCUT2D eigenvalue weighted by molar-refractivity contribution is 5.95. The molecule has 0 aromatic heterocycles. The van der Waals surface area contributed by atoms with E-state index in [1.165, 1.54) is 26.4 Å². The second kappa shape index (κ2) is 11.6. The van der Waals surface area contributed by atoms with Crippen molar-refractivity contribution in [1.82, 2.24) is 10.6 Å². The number of rotatable bonds is 10. The topological polar surface area (TPSA) is 129 Å². The Morgan fingerprint density at radius 2 is 1.92 bits per heavy atom. The van der Waals surface area contributed by atoms with Crippen molar-refractivity contribution in [1.29, 1.82) is 0 Å². The van der Waals surface area contributed by atoms with Gasteiger partial charge in [0.05, 0.1) is 30.8 Å². The number of nitro groups is 1. The van der Waals surface area contributed by atoms with Crippen molar-refractivity contribution in [3.05, 3.63) is 74.0 Å². The highest BCUT2D eigenvalue weighted by Crippen LogP contribution is 2.42. The van der Waals surface area contributed by atoms with E-state index >= 15 is 0 Å². The van der Waals surface area contributed by atoms with Crippen LogP contribution in [-0.2, 0) is 16.1 Å². The van der Waals surface area contributed by atoms with Gasteiger partial charge in [-0.3, -0.25) is 10.1 Å². The molecule has 1 unspecified atom stereocenters. The summed E-state index contributed by atoms with van der Waals surface area (Å²) >= 11 is 0. The normalized spacial score (nSPS) is 15.1. The van der Waals surface area contributed by atoms with Gasteiger partial charge < -0.3 is 24.8 Å². The van der Waals surface area contributed by atoms with Crippen LogP contribution in [0.25, 0.3) is 0 Å². The first-order chi connectivity index (χ1) is 17.2. The van der Waals surface area contributed by atoms with E-state index < -0.39 is 23.0 Å². The second-order valence-electron chi connectivity index (χ2n) is 8.57. The lowest BCUT2D eigenvalue weighted by molar-refractivity contribution is -0.386. The van der Waals surface area contributed by atoms with Gasteiger partial charge in [0.1, 0.15) is 6.61 Å². The van der Waals surface area contributed by atoms with Gasteiger partial charge in [0.15, 0.2) is 5.75 Å². The molecule has 1 aliphatic rings. The Morgan fingerprint density at radius 3 is 2.56 bits per heavy atom. The molecule has 0 saturated carbocycles. The molecule has 0 bridgehead atoms. The average Bonchev–Trinajstić information content (AvgIpc) is 2.86. The van der Waals surface area contributed by atoms with Gasteiger partial charge in [-0.15, -0.1) is 0 Å². The molecule has 0 aliphatic carbocycles. The van der Waals surface area contributed by atoms with Gasteiger partial charge in [-0.05, 0) is 49.4 Å². The number of aryl methyl sites for hydroxylation is 2. The molecule has 192 valence electrons. The third-order valence-corrected chi connectivity index (χ3v) is 6.02. The summed E-state index contributed by atoms with van der Waals surface area (Å²) in [5, 5.41) is 17.4. The summed E-state index contributed by atoms with van der Waals surface area (Å²) in [6.07, 6.45) is 2.02. The van der Waals surface area contributed by atoms with Crippen molar-refractivity contribution in [2.45, 2.75) is 52.7 Å². The predicted octanol–water partition coefficient (Wildman–Crippen LogP) is 4.77. The Bertz CT molecular complexity index is 1210. The number of urea groups is 1. The zero-order valence-corrected chi connectivity index (χ0v) is 21.1. The first kappa shape index (κ1) is 26.5. The monoisotopic (exact) mass is 497 g/mol. The minimum atomic E-state index is -0.973. The number of amides is 2. The molecule has 2 N–H and O–H groups in total. The number of unbranched alkanes of at least 4 members (excludes halogenated alkanes) is 1. The number of hydrogen-bond donors (Lipinski definition) is 2. The average molecular weight is 498 g/mol. The van der Waals surface area contributed by atoms with Crippen molar-refractivity contribution >= 4 is 17.7 Å². The molecule has 0 spiro atoms. The van der Waals surface area contributed by atoms with Crippen LogP contribution >= 0.6 is 0 Å². The summed E-state index contributed by atoms with van der Waals surface area (Å²) in [5.41, 5.74) is 3.48. The van der Waals surface area contributed by atoms with Crippen LogP contribution in [0.4, 0.5) is 10.5 Å². The summed E-state index contributed by atoms with van der Waals surface area (Å²) in [7, 11) is 2.62. The van der Waals surface area contributed by atoms with E-state index in [-0.39, 0.29) is 29.4 Å². The van der Waals surface area contributed by atoms with Crippen LogP contribution in [0.2, 0.25) is 0 Å². The maximum atomic E-state index is 12.7. The van der Waals surface area contributed by atoms with Crippen LogP contribution in [0.15, 0.2) is 41.6 Å². The molecular weight excluding hydrogens is 466 g/mol. The van der Waals surface area contributed by atoms with Crippen molar-refractivity contribution in [3.63, 3.8) is 0 Å². The number of allylic oxidation sites excluding steroid dienone is 1. The Hall–Kier alpha value is -4.08. The maximum absolute atomic E-state index is 12.7. The summed E-state index contributed by atoms with van der Waals surface area (Å²) in [6.45, 7) is 5.98. The lowest BCUT2D eigenvalue weighted by atomic mass is 9.93. The number of carbonyl (C=O) groups is 2. The molecule has 1 aliphatic heterocycles. The number of carbonyl (C=O) groups excluding carboxylic acids is 2. The lowest BCUT2D eigenvalue weighted by Gasteiger charge is -2.29. The first-order valence-electron chi connectivity index (χ1n) is 11.6. The SMILES string of the molecule is CCCCC1=C(C(=O)OC)C(c2cc(OC)c(OCc3cc(C)ccc3C)c([N+](=O)[O-])c2)NC(=O)N1. The van der Waals surface area contributed by atoms with Gasteiger partial charge in [0, 0.05) is 11.8 Å². The van der Waals surface area contributed by atoms with Gasteiger partial charge in [0.25, 0.3) is 0 Å². The van der Waals surface area contributed by atoms with E-state index in [2.05, 4.69) is 10.6 Å². The molecule has 0 radical (unpaired) electrons. The molecule has 2 aromatic rings. The fourth-order valence-corrected chi connectivity index (χ4v) is 4.08. The quantitative estimate of drug-likeness (QED) is 0.275. The van der Waals surface area contributed by atoms with E-state index in [9.17, 15) is 19.7 Å². The molecule has 0 saturated heterocycles. The Kier molecular flexibility index (Phi) is 8.52. The van der Waals surface area contributed by atoms with E-state index in [0.29, 0.717) is 17.7 Å². The molecule has 2 amide bonds. The van der Waals surface area contributed by atoms with E-state index in [0.717, 1.165) is 29.5 Å². The molecule has 1 heterocycles. The summed E-state index contributed by atoms with van der Waals surface area (Å²) in [5.74, 6) is -0.575. The van der Waals surface area contributed by atoms with Gasteiger partial charge in [-0.25, -0.2) is 9.59 Å². The van der Waals surface area contributed by atoms with Crippen LogP contribution in [0, 0.1) is 24.0 Å². The fourth-order valence-electron chi connectivity index (χ4n) is 4.08. The maximum Gasteiger partial charge on any atom is 0.337 e. The highest BCUT2D eigenvalue weighted by Gasteiger charge is 2.35. The molecule has 36 heavy (non-hydrogen) atoms. The minimum Gasteiger partial charge on any atom is -0.493 e. The Morgan fingerprint density at radius 1 is 1.17 bits per heavy atom. The Balaban J connectivity index is 2.09. The molecule has 10 nitrogen and oxygen atoms in total. The predicted molar refractivity (Wildman–Crippen MR) is 133 cm³/mol. The summed E-state index contributed by atoms with van der Waals surface area (Å²) in [4.78, 5) is 36.7. The number of methoxy groups -OCH3 is 2. The van der Waals surface area contributed by atoms with Gasteiger partial charge >= 0.3 is 17.7 Å². The van der Waals surface area contributed by atoms with Crippen LogP contribution in [0.5, 0.6) is 11.5 Å². The van der Waals surface area contributed by atoms with Crippen molar-refractivity contribution < 1.29 is 28.7 Å². The lowest BCUT2D eigenvalue weighted by Crippen LogP contribution is -2.46. The first-order valence-corrected chi connectivity index (χ1v) is 11.6. The van der Waals surface area contributed by atoms with Crippen molar-refractivity contribution in [2.24, 2.45) is 0 Å². The number of ether oxygens (including phenoxy) is 3.